The monoisotopic (exact) mass is 854 g/mol. The zero-order valence-electron chi connectivity index (χ0n) is 30.5. The van der Waals surface area contributed by atoms with Gasteiger partial charge >= 0.3 is 5.97 Å². The Morgan fingerprint density at radius 1 is 0.536 bits per heavy atom. The smallest absolute Gasteiger partial charge is 0.311 e. The minimum absolute atomic E-state index is 0.218. The van der Waals surface area contributed by atoms with Crippen molar-refractivity contribution in [1.82, 2.24) is 9.97 Å². The molecule has 2 heterocycles. The second-order valence-corrected chi connectivity index (χ2v) is 17.0. The highest BCUT2D eigenvalue weighted by atomic mass is 79.9. The summed E-state index contributed by atoms with van der Waals surface area (Å²) in [4.78, 5) is 24.8. The molecule has 56 heavy (non-hydrogen) atoms. The van der Waals surface area contributed by atoms with Gasteiger partial charge in [-0.2, -0.15) is 0 Å². The summed E-state index contributed by atoms with van der Waals surface area (Å²) >= 11 is 7.78. The number of pyridine rings is 2. The second kappa shape index (κ2) is 13.9. The Labute approximate surface area is 342 Å². The number of esters is 1. The Morgan fingerprint density at radius 3 is 1.61 bits per heavy atom. The molecule has 2 aliphatic carbocycles. The van der Waals surface area contributed by atoms with E-state index < -0.39 is 10.8 Å². The van der Waals surface area contributed by atoms with E-state index in [2.05, 4.69) is 153 Å². The molecule has 10 rings (SSSR count). The van der Waals surface area contributed by atoms with Crippen LogP contribution in [0.2, 0.25) is 0 Å². The average molecular weight is 857 g/mol. The molecule has 0 N–H and O–H groups in total. The summed E-state index contributed by atoms with van der Waals surface area (Å²) in [6.45, 7) is 0. The fraction of sp³-hybridized carbons (Fsp3) is 0.140. The number of hydrogen-bond donors (Lipinski definition) is 0. The summed E-state index contributed by atoms with van der Waals surface area (Å²) in [6.07, 6.45) is 3.14. The van der Waals surface area contributed by atoms with Crippen molar-refractivity contribution in [2.24, 2.45) is 0 Å². The highest BCUT2D eigenvalue weighted by molar-refractivity contribution is 9.10. The number of carbonyl (C=O) groups excluding carboxylic acids is 1. The number of aromatic nitrogens is 2. The van der Waals surface area contributed by atoms with Gasteiger partial charge in [-0.05, 0) is 114 Å². The van der Waals surface area contributed by atoms with Crippen molar-refractivity contribution in [1.29, 1.82) is 0 Å². The fourth-order valence-corrected chi connectivity index (χ4v) is 10.2. The van der Waals surface area contributed by atoms with Crippen LogP contribution in [0.3, 0.4) is 0 Å². The maximum atomic E-state index is 14.0. The number of rotatable bonds is 9. The Balaban J connectivity index is 1.24. The summed E-state index contributed by atoms with van der Waals surface area (Å²) < 4.78 is 8.01. The van der Waals surface area contributed by atoms with Crippen LogP contribution in [0, 0.1) is 0 Å². The molecule has 2 aliphatic rings. The second-order valence-electron chi connectivity index (χ2n) is 15.1. The molecule has 0 radical (unpaired) electrons. The standard InChI is InChI=1S/C50H36Br2N2O2/c51-35-19-21-38-40(29-35)49(25-23-32-11-3-1-4-12-32,42-27-33-13-7-9-17-44(33)53-47(38)42)31-50(26-24-46(55)56-37-15-5-2-6-16-37)41-30-36(52)20-22-39(41)48-43(50)28-34-14-8-10-18-45(34)54-48/h1-22,27-30H,23-26,31H2. The highest BCUT2D eigenvalue weighted by Crippen LogP contribution is 2.62. The van der Waals surface area contributed by atoms with Gasteiger partial charge in [0.25, 0.3) is 0 Å². The summed E-state index contributed by atoms with van der Waals surface area (Å²) in [5, 5.41) is 2.20. The van der Waals surface area contributed by atoms with E-state index in [4.69, 9.17) is 14.7 Å². The molecule has 0 spiro atoms. The number of nitrogens with zero attached hydrogens (tertiary/aromatic N) is 2. The molecule has 2 unspecified atom stereocenters. The number of benzene rings is 6. The number of halogens is 2. The minimum Gasteiger partial charge on any atom is -0.427 e. The fourth-order valence-electron chi connectivity index (χ4n) is 9.50. The van der Waals surface area contributed by atoms with Crippen LogP contribution in [-0.2, 0) is 22.0 Å². The van der Waals surface area contributed by atoms with E-state index in [0.717, 1.165) is 71.7 Å². The Kier molecular flexibility index (Phi) is 8.72. The molecule has 6 aromatic carbocycles. The Bertz CT molecular complexity index is 2820. The van der Waals surface area contributed by atoms with Crippen LogP contribution in [0.1, 0.15) is 53.5 Å². The molecule has 4 nitrogen and oxygen atoms in total. The SMILES string of the molecule is O=C(CCC1(CC2(CCc3ccccc3)c3cc(Br)ccc3-c3nc4ccccc4cc32)c2cc(Br)ccc2-c2nc3ccccc3cc21)Oc1ccccc1. The molecule has 272 valence electrons. The normalized spacial score (nSPS) is 17.7. The van der Waals surface area contributed by atoms with Gasteiger partial charge in [-0.1, -0.05) is 129 Å². The molecule has 8 aromatic rings. The first-order valence-electron chi connectivity index (χ1n) is 19.1. The predicted molar refractivity (Wildman–Crippen MR) is 232 cm³/mol. The number of aryl methyl sites for hydroxylation is 1. The van der Waals surface area contributed by atoms with E-state index in [0.29, 0.717) is 18.6 Å². The lowest BCUT2D eigenvalue weighted by atomic mass is 9.59. The zero-order chi connectivity index (χ0) is 37.9. The number of fused-ring (bicyclic) bond motifs is 8. The molecule has 2 aromatic heterocycles. The number of para-hydroxylation sites is 3. The third-order valence-corrected chi connectivity index (χ3v) is 13.0. The summed E-state index contributed by atoms with van der Waals surface area (Å²) in [5.41, 5.74) is 11.2. The van der Waals surface area contributed by atoms with Gasteiger partial charge in [0.05, 0.1) is 22.4 Å². The largest absolute Gasteiger partial charge is 0.427 e. The molecule has 0 aliphatic heterocycles. The third kappa shape index (κ3) is 5.89. The van der Waals surface area contributed by atoms with Crippen LogP contribution in [-0.4, -0.2) is 15.9 Å². The molecular weight excluding hydrogens is 820 g/mol. The summed E-state index contributed by atoms with van der Waals surface area (Å²) in [7, 11) is 0. The topological polar surface area (TPSA) is 52.1 Å². The van der Waals surface area contributed by atoms with Crippen LogP contribution >= 0.6 is 31.9 Å². The van der Waals surface area contributed by atoms with Crippen molar-refractivity contribution < 1.29 is 9.53 Å². The predicted octanol–water partition coefficient (Wildman–Crippen LogP) is 12.9. The molecule has 6 heteroatoms. The van der Waals surface area contributed by atoms with E-state index >= 15 is 0 Å². The molecule has 0 saturated heterocycles. The summed E-state index contributed by atoms with van der Waals surface area (Å²) in [5.74, 6) is 0.297. The first-order chi connectivity index (χ1) is 27.4. The molecule has 0 bridgehead atoms. The first kappa shape index (κ1) is 35.0. The van der Waals surface area contributed by atoms with Crippen LogP contribution in [0.15, 0.2) is 167 Å². The van der Waals surface area contributed by atoms with Gasteiger partial charge in [0, 0.05) is 48.1 Å². The van der Waals surface area contributed by atoms with Crippen molar-refractivity contribution in [3.05, 3.63) is 194 Å². The lowest BCUT2D eigenvalue weighted by molar-refractivity contribution is -0.134. The minimum atomic E-state index is -0.634. The van der Waals surface area contributed by atoms with Crippen LogP contribution in [0.4, 0.5) is 0 Å². The van der Waals surface area contributed by atoms with Gasteiger partial charge in [0.2, 0.25) is 0 Å². The van der Waals surface area contributed by atoms with Crippen LogP contribution < -0.4 is 4.74 Å². The Hall–Kier alpha value is -5.43. The molecule has 2 atom stereocenters. The zero-order valence-corrected chi connectivity index (χ0v) is 33.7. The molecule has 0 amide bonds. The lowest BCUT2D eigenvalue weighted by Crippen LogP contribution is -2.39. The van der Waals surface area contributed by atoms with Gasteiger partial charge in [0.1, 0.15) is 5.75 Å². The quantitative estimate of drug-likeness (QED) is 0.107. The van der Waals surface area contributed by atoms with Gasteiger partial charge in [-0.15, -0.1) is 0 Å². The van der Waals surface area contributed by atoms with Crippen molar-refractivity contribution in [2.75, 3.05) is 0 Å². The summed E-state index contributed by atoms with van der Waals surface area (Å²) in [6, 6.07) is 55.0. The average Bonchev–Trinajstić information content (AvgIpc) is 3.62. The number of ether oxygens (including phenoxy) is 1. The van der Waals surface area contributed by atoms with Crippen LogP contribution in [0.25, 0.3) is 44.3 Å². The Morgan fingerprint density at radius 2 is 1.04 bits per heavy atom. The van der Waals surface area contributed by atoms with Gasteiger partial charge in [-0.3, -0.25) is 4.79 Å². The van der Waals surface area contributed by atoms with Crippen LogP contribution in [0.5, 0.6) is 5.75 Å². The van der Waals surface area contributed by atoms with Gasteiger partial charge in [0.15, 0.2) is 0 Å². The molecule has 0 saturated carbocycles. The lowest BCUT2D eigenvalue weighted by Gasteiger charge is -2.43. The van der Waals surface area contributed by atoms with E-state index in [1.807, 2.05) is 36.4 Å². The number of carbonyl (C=O) groups is 1. The van der Waals surface area contributed by atoms with Crippen molar-refractivity contribution in [3.8, 4) is 28.3 Å². The van der Waals surface area contributed by atoms with Gasteiger partial charge in [-0.25, -0.2) is 9.97 Å². The van der Waals surface area contributed by atoms with E-state index in [1.54, 1.807) is 0 Å². The number of hydrogen-bond acceptors (Lipinski definition) is 4. The maximum Gasteiger partial charge on any atom is 0.311 e. The van der Waals surface area contributed by atoms with Gasteiger partial charge < -0.3 is 4.74 Å². The first-order valence-corrected chi connectivity index (χ1v) is 20.7. The third-order valence-electron chi connectivity index (χ3n) is 12.0. The van der Waals surface area contributed by atoms with Crippen molar-refractivity contribution >= 4 is 59.6 Å². The molecular formula is C50H36Br2N2O2. The highest BCUT2D eigenvalue weighted by Gasteiger charge is 2.54. The van der Waals surface area contributed by atoms with Crippen molar-refractivity contribution in [3.63, 3.8) is 0 Å². The van der Waals surface area contributed by atoms with Crippen molar-refractivity contribution in [2.45, 2.75) is 42.9 Å². The van der Waals surface area contributed by atoms with E-state index in [9.17, 15) is 4.79 Å². The van der Waals surface area contributed by atoms with E-state index in [1.165, 1.54) is 22.3 Å². The van der Waals surface area contributed by atoms with E-state index in [-0.39, 0.29) is 12.4 Å². The maximum absolute atomic E-state index is 14.0. The molecule has 0 fully saturated rings.